The third-order valence-electron chi connectivity index (χ3n) is 2.84. The van der Waals surface area contributed by atoms with Crippen LogP contribution in [0.2, 0.25) is 0 Å². The summed E-state index contributed by atoms with van der Waals surface area (Å²) in [5, 5.41) is 8.03. The molecular weight excluding hydrogens is 226 g/mol. The number of rotatable bonds is 3. The van der Waals surface area contributed by atoms with Gasteiger partial charge in [-0.3, -0.25) is 4.79 Å². The summed E-state index contributed by atoms with van der Waals surface area (Å²) in [6, 6.07) is 6.19. The maximum absolute atomic E-state index is 11.0. The number of aldehydes is 1. The molecule has 0 bridgehead atoms. The van der Waals surface area contributed by atoms with Crippen LogP contribution in [0.3, 0.4) is 0 Å². The van der Waals surface area contributed by atoms with Crippen molar-refractivity contribution in [1.29, 1.82) is 0 Å². The van der Waals surface area contributed by atoms with E-state index in [0.717, 1.165) is 17.7 Å². The fraction of sp³-hybridized carbons (Fsp3) is 0.357. The monoisotopic (exact) mass is 243 g/mol. The van der Waals surface area contributed by atoms with Gasteiger partial charge in [-0.15, -0.1) is 5.10 Å². The molecule has 0 spiro atoms. The summed E-state index contributed by atoms with van der Waals surface area (Å²) in [5.74, 6) is 0.195. The van der Waals surface area contributed by atoms with E-state index in [9.17, 15) is 4.79 Å². The van der Waals surface area contributed by atoms with Crippen molar-refractivity contribution in [3.8, 4) is 5.69 Å². The van der Waals surface area contributed by atoms with Crippen LogP contribution in [0.15, 0.2) is 18.2 Å². The van der Waals surface area contributed by atoms with Crippen LogP contribution in [0.25, 0.3) is 5.69 Å². The standard InChI is InChI=1S/C14H17N3O/c1-9(2)14-13(8-18)15-16-17(14)12-6-10(3)5-11(4)7-12/h5-9H,1-4H3. The van der Waals surface area contributed by atoms with Crippen LogP contribution in [-0.2, 0) is 0 Å². The van der Waals surface area contributed by atoms with E-state index in [1.807, 2.05) is 39.8 Å². The van der Waals surface area contributed by atoms with Gasteiger partial charge in [-0.25, -0.2) is 4.68 Å². The van der Waals surface area contributed by atoms with Crippen LogP contribution in [-0.4, -0.2) is 21.3 Å². The third kappa shape index (κ3) is 2.18. The van der Waals surface area contributed by atoms with Gasteiger partial charge in [0, 0.05) is 0 Å². The Morgan fingerprint density at radius 2 is 1.78 bits per heavy atom. The first kappa shape index (κ1) is 12.5. The topological polar surface area (TPSA) is 47.8 Å². The van der Waals surface area contributed by atoms with E-state index in [1.54, 1.807) is 4.68 Å². The molecule has 0 amide bonds. The SMILES string of the molecule is Cc1cc(C)cc(-n2nnc(C=O)c2C(C)C)c1. The minimum Gasteiger partial charge on any atom is -0.296 e. The molecule has 2 aromatic rings. The molecular formula is C14H17N3O. The highest BCUT2D eigenvalue weighted by Gasteiger charge is 2.16. The molecule has 94 valence electrons. The second-order valence-electron chi connectivity index (χ2n) is 4.89. The Morgan fingerprint density at radius 1 is 1.17 bits per heavy atom. The smallest absolute Gasteiger partial charge is 0.172 e. The normalized spacial score (nSPS) is 10.9. The highest BCUT2D eigenvalue weighted by atomic mass is 16.1. The first-order valence-electron chi connectivity index (χ1n) is 6.02. The zero-order chi connectivity index (χ0) is 13.3. The molecule has 1 aromatic carbocycles. The molecule has 1 aromatic heterocycles. The predicted octanol–water partition coefficient (Wildman–Crippen LogP) is 2.82. The Labute approximate surface area is 107 Å². The van der Waals surface area contributed by atoms with E-state index < -0.39 is 0 Å². The lowest BCUT2D eigenvalue weighted by molar-refractivity contribution is 0.111. The highest BCUT2D eigenvalue weighted by molar-refractivity contribution is 5.73. The molecule has 4 nitrogen and oxygen atoms in total. The van der Waals surface area contributed by atoms with Gasteiger partial charge in [0.25, 0.3) is 0 Å². The summed E-state index contributed by atoms with van der Waals surface area (Å²) in [4.78, 5) is 11.0. The molecule has 2 rings (SSSR count). The Balaban J connectivity index is 2.63. The van der Waals surface area contributed by atoms with Gasteiger partial charge in [-0.1, -0.05) is 25.1 Å². The van der Waals surface area contributed by atoms with E-state index >= 15 is 0 Å². The quantitative estimate of drug-likeness (QED) is 0.779. The third-order valence-corrected chi connectivity index (χ3v) is 2.84. The van der Waals surface area contributed by atoms with Crippen molar-refractivity contribution in [3.05, 3.63) is 40.7 Å². The van der Waals surface area contributed by atoms with Gasteiger partial charge >= 0.3 is 0 Å². The molecule has 0 radical (unpaired) electrons. The molecule has 4 heteroatoms. The summed E-state index contributed by atoms with van der Waals surface area (Å²) >= 11 is 0. The second kappa shape index (κ2) is 4.72. The van der Waals surface area contributed by atoms with Crippen LogP contribution < -0.4 is 0 Å². The van der Waals surface area contributed by atoms with Gasteiger partial charge in [0.15, 0.2) is 6.29 Å². The van der Waals surface area contributed by atoms with Gasteiger partial charge < -0.3 is 0 Å². The number of nitrogens with zero attached hydrogens (tertiary/aromatic N) is 3. The van der Waals surface area contributed by atoms with Gasteiger partial charge in [0.1, 0.15) is 5.69 Å². The maximum atomic E-state index is 11.0. The zero-order valence-electron chi connectivity index (χ0n) is 11.1. The molecule has 0 atom stereocenters. The maximum Gasteiger partial charge on any atom is 0.172 e. The molecule has 1 heterocycles. The van der Waals surface area contributed by atoms with Crippen LogP contribution >= 0.6 is 0 Å². The highest BCUT2D eigenvalue weighted by Crippen LogP contribution is 2.21. The lowest BCUT2D eigenvalue weighted by Crippen LogP contribution is -2.06. The minimum absolute atomic E-state index is 0.195. The molecule has 0 unspecified atom stereocenters. The number of hydrogen-bond acceptors (Lipinski definition) is 3. The van der Waals surface area contributed by atoms with Gasteiger partial charge in [0.05, 0.1) is 11.4 Å². The lowest BCUT2D eigenvalue weighted by Gasteiger charge is -2.11. The fourth-order valence-electron chi connectivity index (χ4n) is 2.19. The summed E-state index contributed by atoms with van der Waals surface area (Å²) in [5.41, 5.74) is 4.57. The molecule has 0 N–H and O–H groups in total. The zero-order valence-corrected chi connectivity index (χ0v) is 11.1. The predicted molar refractivity (Wildman–Crippen MR) is 70.3 cm³/mol. The van der Waals surface area contributed by atoms with Crippen molar-refractivity contribution in [2.24, 2.45) is 0 Å². The van der Waals surface area contributed by atoms with Gasteiger partial charge in [-0.2, -0.15) is 0 Å². The van der Waals surface area contributed by atoms with E-state index in [1.165, 1.54) is 11.1 Å². The Morgan fingerprint density at radius 3 is 2.28 bits per heavy atom. The first-order chi connectivity index (χ1) is 8.52. The molecule has 0 fully saturated rings. The van der Waals surface area contributed by atoms with E-state index in [-0.39, 0.29) is 5.92 Å². The Kier molecular flexibility index (Phi) is 3.28. The fourth-order valence-corrected chi connectivity index (χ4v) is 2.19. The van der Waals surface area contributed by atoms with Crippen molar-refractivity contribution in [2.75, 3.05) is 0 Å². The molecule has 0 saturated carbocycles. The number of carbonyl (C=O) groups is 1. The summed E-state index contributed by atoms with van der Waals surface area (Å²) < 4.78 is 1.76. The Hall–Kier alpha value is -1.97. The van der Waals surface area contributed by atoms with Crippen molar-refractivity contribution >= 4 is 6.29 Å². The van der Waals surface area contributed by atoms with Crippen LogP contribution in [0.4, 0.5) is 0 Å². The molecule has 0 saturated heterocycles. The Bertz CT molecular complexity index is 564. The van der Waals surface area contributed by atoms with Gasteiger partial charge in [-0.05, 0) is 43.0 Å². The minimum atomic E-state index is 0.195. The average Bonchev–Trinajstić information content (AvgIpc) is 2.71. The molecule has 18 heavy (non-hydrogen) atoms. The van der Waals surface area contributed by atoms with Crippen molar-refractivity contribution in [2.45, 2.75) is 33.6 Å². The number of hydrogen-bond donors (Lipinski definition) is 0. The summed E-state index contributed by atoms with van der Waals surface area (Å²) in [7, 11) is 0. The lowest BCUT2D eigenvalue weighted by atomic mass is 10.1. The van der Waals surface area contributed by atoms with Crippen molar-refractivity contribution in [3.63, 3.8) is 0 Å². The van der Waals surface area contributed by atoms with Crippen LogP contribution in [0.5, 0.6) is 0 Å². The summed E-state index contributed by atoms with van der Waals surface area (Å²) in [6.07, 6.45) is 0.765. The number of aromatic nitrogens is 3. The van der Waals surface area contributed by atoms with Crippen LogP contribution in [0, 0.1) is 13.8 Å². The van der Waals surface area contributed by atoms with E-state index in [4.69, 9.17) is 0 Å². The number of aryl methyl sites for hydroxylation is 2. The second-order valence-corrected chi connectivity index (χ2v) is 4.89. The van der Waals surface area contributed by atoms with Crippen molar-refractivity contribution in [1.82, 2.24) is 15.0 Å². The molecule has 0 aliphatic heterocycles. The van der Waals surface area contributed by atoms with E-state index in [0.29, 0.717) is 5.69 Å². The molecule has 0 aliphatic carbocycles. The summed E-state index contributed by atoms with van der Waals surface area (Å²) in [6.45, 7) is 8.15. The van der Waals surface area contributed by atoms with Gasteiger partial charge in [0.2, 0.25) is 0 Å². The number of carbonyl (C=O) groups excluding carboxylic acids is 1. The largest absolute Gasteiger partial charge is 0.296 e. The number of benzene rings is 1. The van der Waals surface area contributed by atoms with Crippen molar-refractivity contribution < 1.29 is 4.79 Å². The molecule has 0 aliphatic rings. The first-order valence-corrected chi connectivity index (χ1v) is 6.02. The van der Waals surface area contributed by atoms with E-state index in [2.05, 4.69) is 16.4 Å². The average molecular weight is 243 g/mol. The van der Waals surface area contributed by atoms with Crippen LogP contribution in [0.1, 0.15) is 47.1 Å².